The van der Waals surface area contributed by atoms with Crippen LogP contribution < -0.4 is 10.6 Å². The van der Waals surface area contributed by atoms with Crippen molar-refractivity contribution in [2.75, 3.05) is 13.2 Å². The fourth-order valence-electron chi connectivity index (χ4n) is 2.03. The molecule has 22 heavy (non-hydrogen) atoms. The largest absolute Gasteiger partial charge is 0.377 e. The van der Waals surface area contributed by atoms with Crippen molar-refractivity contribution in [3.63, 3.8) is 0 Å². The Morgan fingerprint density at radius 1 is 1.36 bits per heavy atom. The Morgan fingerprint density at radius 2 is 2.05 bits per heavy atom. The molecule has 0 aliphatic rings. The molecule has 0 aromatic heterocycles. The lowest BCUT2D eigenvalue weighted by Gasteiger charge is -2.27. The zero-order valence-corrected chi connectivity index (χ0v) is 14.3. The fourth-order valence-corrected chi connectivity index (χ4v) is 2.03. The molecule has 1 rings (SSSR count). The van der Waals surface area contributed by atoms with Crippen LogP contribution in [-0.4, -0.2) is 25.3 Å². The molecule has 4 heteroatoms. The van der Waals surface area contributed by atoms with E-state index in [1.54, 1.807) is 0 Å². The van der Waals surface area contributed by atoms with E-state index in [-0.39, 0.29) is 12.1 Å². The lowest BCUT2D eigenvalue weighted by Crippen LogP contribution is -2.47. The maximum absolute atomic E-state index is 12.0. The van der Waals surface area contributed by atoms with Crippen LogP contribution in [0.5, 0.6) is 0 Å². The minimum atomic E-state index is -0.464. The topological polar surface area (TPSA) is 50.4 Å². The van der Waals surface area contributed by atoms with Crippen molar-refractivity contribution < 1.29 is 9.53 Å². The third-order valence-electron chi connectivity index (χ3n) is 3.34. The van der Waals surface area contributed by atoms with Crippen molar-refractivity contribution in [2.24, 2.45) is 0 Å². The molecule has 0 unspecified atom stereocenters. The molecular formula is C18H28N2O2. The summed E-state index contributed by atoms with van der Waals surface area (Å²) in [5, 5.41) is 5.80. The maximum Gasteiger partial charge on any atom is 0.315 e. The lowest BCUT2D eigenvalue weighted by atomic mass is 9.92. The number of hydrogen-bond acceptors (Lipinski definition) is 2. The van der Waals surface area contributed by atoms with Gasteiger partial charge in [0.15, 0.2) is 0 Å². The van der Waals surface area contributed by atoms with Crippen molar-refractivity contribution in [1.82, 2.24) is 10.6 Å². The first kappa shape index (κ1) is 18.2. The third-order valence-corrected chi connectivity index (χ3v) is 3.34. The molecular weight excluding hydrogens is 276 g/mol. The van der Waals surface area contributed by atoms with Crippen LogP contribution in [0, 0.1) is 0 Å². The van der Waals surface area contributed by atoms with Gasteiger partial charge in [-0.25, -0.2) is 4.79 Å². The van der Waals surface area contributed by atoms with E-state index in [4.69, 9.17) is 4.74 Å². The first-order valence-electron chi connectivity index (χ1n) is 7.66. The molecule has 122 valence electrons. The quantitative estimate of drug-likeness (QED) is 0.755. The van der Waals surface area contributed by atoms with Crippen LogP contribution in [0.15, 0.2) is 30.8 Å². The molecule has 0 saturated carbocycles. The van der Waals surface area contributed by atoms with E-state index in [1.165, 1.54) is 0 Å². The van der Waals surface area contributed by atoms with Crippen molar-refractivity contribution in [3.8, 4) is 0 Å². The van der Waals surface area contributed by atoms with Gasteiger partial charge < -0.3 is 15.4 Å². The normalized spacial score (nSPS) is 11.4. The van der Waals surface area contributed by atoms with E-state index >= 15 is 0 Å². The number of benzene rings is 1. The average Bonchev–Trinajstić information content (AvgIpc) is 2.43. The van der Waals surface area contributed by atoms with Crippen LogP contribution in [0.2, 0.25) is 0 Å². The van der Waals surface area contributed by atoms with Crippen molar-refractivity contribution in [2.45, 2.75) is 46.3 Å². The van der Waals surface area contributed by atoms with E-state index in [0.29, 0.717) is 13.2 Å². The molecule has 0 spiro atoms. The van der Waals surface area contributed by atoms with Crippen molar-refractivity contribution in [3.05, 3.63) is 42.0 Å². The number of amides is 2. The lowest BCUT2D eigenvalue weighted by molar-refractivity contribution is 0.0816. The standard InChI is InChI=1S/C18H28N2O2/c1-13(2)15-8-7-9-16(12-15)18(5,6)20-17(21)19-10-11-22-14(3)4/h7-9,12,14H,1,10-11H2,2-6H3,(H2,19,20,21). The number of carbonyl (C=O) groups is 1. The van der Waals surface area contributed by atoms with E-state index in [2.05, 4.69) is 23.3 Å². The van der Waals surface area contributed by atoms with Gasteiger partial charge in [0.1, 0.15) is 0 Å². The zero-order chi connectivity index (χ0) is 16.8. The molecule has 1 aromatic carbocycles. The number of allylic oxidation sites excluding steroid dienone is 1. The zero-order valence-electron chi connectivity index (χ0n) is 14.3. The Labute approximate surface area is 133 Å². The minimum Gasteiger partial charge on any atom is -0.377 e. The summed E-state index contributed by atoms with van der Waals surface area (Å²) in [5.41, 5.74) is 2.67. The highest BCUT2D eigenvalue weighted by atomic mass is 16.5. The summed E-state index contributed by atoms with van der Waals surface area (Å²) in [4.78, 5) is 12.0. The van der Waals surface area contributed by atoms with Crippen LogP contribution in [-0.2, 0) is 10.3 Å². The summed E-state index contributed by atoms with van der Waals surface area (Å²) in [7, 11) is 0. The number of carbonyl (C=O) groups excluding carboxylic acids is 1. The van der Waals surface area contributed by atoms with Crippen LogP contribution in [0.1, 0.15) is 45.7 Å². The van der Waals surface area contributed by atoms with Gasteiger partial charge in [-0.3, -0.25) is 0 Å². The van der Waals surface area contributed by atoms with Crippen molar-refractivity contribution >= 4 is 11.6 Å². The molecule has 1 aromatic rings. The van der Waals surface area contributed by atoms with Gasteiger partial charge in [0.2, 0.25) is 0 Å². The summed E-state index contributed by atoms with van der Waals surface area (Å²) in [6.07, 6.45) is 0.172. The molecule has 0 aliphatic carbocycles. The number of hydrogen-bond donors (Lipinski definition) is 2. The van der Waals surface area contributed by atoms with Gasteiger partial charge in [-0.05, 0) is 51.8 Å². The average molecular weight is 304 g/mol. The SMILES string of the molecule is C=C(C)c1cccc(C(C)(C)NC(=O)NCCOC(C)C)c1. The van der Waals surface area contributed by atoms with Crippen LogP contribution in [0.3, 0.4) is 0 Å². The van der Waals surface area contributed by atoms with Crippen LogP contribution >= 0.6 is 0 Å². The summed E-state index contributed by atoms with van der Waals surface area (Å²) < 4.78 is 5.40. The summed E-state index contributed by atoms with van der Waals surface area (Å²) in [6, 6.07) is 7.87. The first-order valence-corrected chi connectivity index (χ1v) is 7.66. The van der Waals surface area contributed by atoms with Gasteiger partial charge >= 0.3 is 6.03 Å². The monoisotopic (exact) mass is 304 g/mol. The molecule has 4 nitrogen and oxygen atoms in total. The molecule has 2 amide bonds. The molecule has 0 heterocycles. The Morgan fingerprint density at radius 3 is 2.64 bits per heavy atom. The molecule has 0 atom stereocenters. The van der Waals surface area contributed by atoms with Crippen LogP contribution in [0.25, 0.3) is 5.57 Å². The smallest absolute Gasteiger partial charge is 0.315 e. The van der Waals surface area contributed by atoms with Gasteiger partial charge in [0.05, 0.1) is 18.2 Å². The van der Waals surface area contributed by atoms with Gasteiger partial charge in [-0.1, -0.05) is 30.4 Å². The molecule has 0 saturated heterocycles. The molecule has 0 aliphatic heterocycles. The Kier molecular flexibility index (Phi) is 6.62. The third kappa shape index (κ3) is 5.90. The Hall–Kier alpha value is -1.81. The highest BCUT2D eigenvalue weighted by molar-refractivity contribution is 5.75. The second kappa shape index (κ2) is 7.99. The summed E-state index contributed by atoms with van der Waals surface area (Å²) >= 11 is 0. The summed E-state index contributed by atoms with van der Waals surface area (Å²) in [6.45, 7) is 14.8. The minimum absolute atomic E-state index is 0.172. The van der Waals surface area contributed by atoms with Gasteiger partial charge in [-0.2, -0.15) is 0 Å². The van der Waals surface area contributed by atoms with E-state index in [1.807, 2.05) is 52.8 Å². The predicted molar refractivity (Wildman–Crippen MR) is 91.8 cm³/mol. The highest BCUT2D eigenvalue weighted by Gasteiger charge is 2.22. The molecule has 2 N–H and O–H groups in total. The van der Waals surface area contributed by atoms with Gasteiger partial charge in [0, 0.05) is 6.54 Å². The summed E-state index contributed by atoms with van der Waals surface area (Å²) in [5.74, 6) is 0. The predicted octanol–water partition coefficient (Wildman–Crippen LogP) is 3.68. The van der Waals surface area contributed by atoms with E-state index in [0.717, 1.165) is 16.7 Å². The number of ether oxygens (including phenoxy) is 1. The van der Waals surface area contributed by atoms with E-state index < -0.39 is 5.54 Å². The molecule has 0 bridgehead atoms. The Bertz CT molecular complexity index is 522. The van der Waals surface area contributed by atoms with Gasteiger partial charge in [-0.15, -0.1) is 0 Å². The molecule has 0 fully saturated rings. The second-order valence-electron chi connectivity index (χ2n) is 6.29. The second-order valence-corrected chi connectivity index (χ2v) is 6.29. The number of rotatable bonds is 7. The fraction of sp³-hybridized carbons (Fsp3) is 0.500. The van der Waals surface area contributed by atoms with Crippen LogP contribution in [0.4, 0.5) is 4.79 Å². The number of urea groups is 1. The molecule has 0 radical (unpaired) electrons. The van der Waals surface area contributed by atoms with E-state index in [9.17, 15) is 4.79 Å². The Balaban J connectivity index is 2.60. The number of nitrogens with one attached hydrogen (secondary N) is 2. The first-order chi connectivity index (χ1) is 10.2. The van der Waals surface area contributed by atoms with Crippen molar-refractivity contribution in [1.29, 1.82) is 0 Å². The maximum atomic E-state index is 12.0. The van der Waals surface area contributed by atoms with Gasteiger partial charge in [0.25, 0.3) is 0 Å². The highest BCUT2D eigenvalue weighted by Crippen LogP contribution is 2.23.